The minimum absolute atomic E-state index is 0.200. The first kappa shape index (κ1) is 14.3. The molecule has 0 aromatic carbocycles. The summed E-state index contributed by atoms with van der Waals surface area (Å²) in [6.45, 7) is 3.79. The Morgan fingerprint density at radius 3 is 2.70 bits per heavy atom. The molecule has 108 valence electrons. The maximum absolute atomic E-state index is 12.0. The van der Waals surface area contributed by atoms with Gasteiger partial charge in [-0.3, -0.25) is 4.79 Å². The van der Waals surface area contributed by atoms with Crippen molar-refractivity contribution in [1.29, 1.82) is 0 Å². The van der Waals surface area contributed by atoms with Gasteiger partial charge in [0.05, 0.1) is 18.4 Å². The van der Waals surface area contributed by atoms with Crippen LogP contribution in [0.2, 0.25) is 0 Å². The first-order chi connectivity index (χ1) is 9.56. The van der Waals surface area contributed by atoms with Crippen LogP contribution in [0.4, 0.5) is 5.69 Å². The highest BCUT2D eigenvalue weighted by Gasteiger charge is 2.12. The molecule has 6 heteroatoms. The molecule has 6 nitrogen and oxygen atoms in total. The third-order valence-electron chi connectivity index (χ3n) is 3.35. The highest BCUT2D eigenvalue weighted by atomic mass is 16.4. The van der Waals surface area contributed by atoms with Gasteiger partial charge in [-0.1, -0.05) is 0 Å². The van der Waals surface area contributed by atoms with E-state index in [4.69, 9.17) is 5.11 Å². The number of nitrogens with zero attached hydrogens (tertiary/aromatic N) is 3. The molecule has 1 aromatic heterocycles. The molecule has 0 bridgehead atoms. The van der Waals surface area contributed by atoms with Crippen LogP contribution >= 0.6 is 0 Å². The highest BCUT2D eigenvalue weighted by molar-refractivity contribution is 5.80. The van der Waals surface area contributed by atoms with Gasteiger partial charge in [0.1, 0.15) is 0 Å². The minimum atomic E-state index is -1.01. The van der Waals surface area contributed by atoms with Crippen molar-refractivity contribution in [2.75, 3.05) is 18.0 Å². The lowest BCUT2D eigenvalue weighted by molar-refractivity contribution is -0.131. The smallest absolute Gasteiger partial charge is 0.328 e. The zero-order chi connectivity index (χ0) is 14.5. The molecular formula is C14H19N3O3. The zero-order valence-electron chi connectivity index (χ0n) is 11.6. The summed E-state index contributed by atoms with van der Waals surface area (Å²) in [5.41, 5.74) is 1.23. The van der Waals surface area contributed by atoms with Crippen LogP contribution in [0, 0.1) is 0 Å². The molecule has 2 heterocycles. The Hall–Kier alpha value is -2.11. The standard InChI is InChI=1S/C14H19N3O3/c1-11(7-14(19)20)10-17-13(18)8-12(9-15-17)16-5-3-2-4-6-16/h7-9H,2-6,10H2,1H3,(H,19,20). The number of carbonyl (C=O) groups is 1. The molecule has 0 unspecified atom stereocenters. The Labute approximate surface area is 117 Å². The average molecular weight is 277 g/mol. The summed E-state index contributed by atoms with van der Waals surface area (Å²) in [5.74, 6) is -1.01. The highest BCUT2D eigenvalue weighted by Crippen LogP contribution is 2.16. The normalized spacial score (nSPS) is 16.2. The van der Waals surface area contributed by atoms with Gasteiger partial charge in [0.25, 0.3) is 5.56 Å². The van der Waals surface area contributed by atoms with E-state index in [2.05, 4.69) is 10.00 Å². The lowest BCUT2D eigenvalue weighted by Crippen LogP contribution is -2.32. The molecule has 1 N–H and O–H groups in total. The van der Waals surface area contributed by atoms with Crippen LogP contribution in [-0.2, 0) is 11.3 Å². The third-order valence-corrected chi connectivity index (χ3v) is 3.35. The molecule has 1 aliphatic rings. The summed E-state index contributed by atoms with van der Waals surface area (Å²) in [6, 6.07) is 1.58. The van der Waals surface area contributed by atoms with Crippen molar-refractivity contribution < 1.29 is 9.90 Å². The lowest BCUT2D eigenvalue weighted by Gasteiger charge is -2.28. The van der Waals surface area contributed by atoms with E-state index in [1.807, 2.05) is 0 Å². The third kappa shape index (κ3) is 3.69. The van der Waals surface area contributed by atoms with Crippen LogP contribution < -0.4 is 10.5 Å². The van der Waals surface area contributed by atoms with Gasteiger partial charge in [0.15, 0.2) is 0 Å². The summed E-state index contributed by atoms with van der Waals surface area (Å²) < 4.78 is 1.28. The Morgan fingerprint density at radius 2 is 2.10 bits per heavy atom. The largest absolute Gasteiger partial charge is 0.478 e. The fraction of sp³-hybridized carbons (Fsp3) is 0.500. The van der Waals surface area contributed by atoms with Crippen LogP contribution in [-0.4, -0.2) is 33.9 Å². The van der Waals surface area contributed by atoms with Crippen LogP contribution in [0.1, 0.15) is 26.2 Å². The molecule has 0 radical (unpaired) electrons. The zero-order valence-corrected chi connectivity index (χ0v) is 11.6. The molecule has 2 rings (SSSR count). The first-order valence-electron chi connectivity index (χ1n) is 6.78. The van der Waals surface area contributed by atoms with E-state index in [0.717, 1.165) is 37.7 Å². The van der Waals surface area contributed by atoms with Gasteiger partial charge in [-0.05, 0) is 31.8 Å². The van der Waals surface area contributed by atoms with E-state index < -0.39 is 5.97 Å². The van der Waals surface area contributed by atoms with Crippen molar-refractivity contribution in [3.63, 3.8) is 0 Å². The molecule has 0 atom stereocenters. The van der Waals surface area contributed by atoms with Gasteiger partial charge in [0.2, 0.25) is 0 Å². The minimum Gasteiger partial charge on any atom is -0.478 e. The summed E-state index contributed by atoms with van der Waals surface area (Å²) in [4.78, 5) is 24.7. The van der Waals surface area contributed by atoms with Crippen LogP contribution in [0.5, 0.6) is 0 Å². The monoisotopic (exact) mass is 277 g/mol. The van der Waals surface area contributed by atoms with Gasteiger partial charge in [-0.15, -0.1) is 0 Å². The van der Waals surface area contributed by atoms with Gasteiger partial charge < -0.3 is 10.0 Å². The number of piperidine rings is 1. The maximum Gasteiger partial charge on any atom is 0.328 e. The van der Waals surface area contributed by atoms with Gasteiger partial charge in [-0.2, -0.15) is 5.10 Å². The van der Waals surface area contributed by atoms with Crippen molar-refractivity contribution in [3.05, 3.63) is 34.3 Å². The fourth-order valence-corrected chi connectivity index (χ4v) is 2.36. The van der Waals surface area contributed by atoms with E-state index in [-0.39, 0.29) is 12.1 Å². The number of hydrogen-bond donors (Lipinski definition) is 1. The second kappa shape index (κ2) is 6.36. The number of aliphatic carboxylic acids is 1. The molecule has 1 aliphatic heterocycles. The van der Waals surface area contributed by atoms with Crippen molar-refractivity contribution >= 4 is 11.7 Å². The summed E-state index contributed by atoms with van der Waals surface area (Å²) in [7, 11) is 0. The Kier molecular flexibility index (Phi) is 4.55. The number of aromatic nitrogens is 2. The summed E-state index contributed by atoms with van der Waals surface area (Å²) in [5, 5.41) is 12.8. The fourth-order valence-electron chi connectivity index (χ4n) is 2.36. The van der Waals surface area contributed by atoms with Crippen LogP contribution in [0.3, 0.4) is 0 Å². The quantitative estimate of drug-likeness (QED) is 0.839. The lowest BCUT2D eigenvalue weighted by atomic mass is 10.1. The summed E-state index contributed by atoms with van der Waals surface area (Å²) in [6.07, 6.45) is 6.29. The molecule has 1 fully saturated rings. The van der Waals surface area contributed by atoms with E-state index in [0.29, 0.717) is 5.57 Å². The molecular weight excluding hydrogens is 258 g/mol. The summed E-state index contributed by atoms with van der Waals surface area (Å²) >= 11 is 0. The number of carboxylic acids is 1. The van der Waals surface area contributed by atoms with Crippen LogP contribution in [0.15, 0.2) is 28.7 Å². The van der Waals surface area contributed by atoms with Crippen LogP contribution in [0.25, 0.3) is 0 Å². The van der Waals surface area contributed by atoms with E-state index in [1.165, 1.54) is 11.1 Å². The molecule has 0 spiro atoms. The molecule has 1 aromatic rings. The Balaban J connectivity index is 2.13. The Morgan fingerprint density at radius 1 is 1.40 bits per heavy atom. The van der Waals surface area contributed by atoms with E-state index in [1.54, 1.807) is 19.2 Å². The van der Waals surface area contributed by atoms with E-state index >= 15 is 0 Å². The maximum atomic E-state index is 12.0. The number of carboxylic acid groups (broad SMARTS) is 1. The topological polar surface area (TPSA) is 75.4 Å². The number of anilines is 1. The number of rotatable bonds is 4. The first-order valence-corrected chi connectivity index (χ1v) is 6.78. The van der Waals surface area contributed by atoms with Gasteiger partial charge in [0, 0.05) is 25.2 Å². The molecule has 20 heavy (non-hydrogen) atoms. The molecule has 0 aliphatic carbocycles. The van der Waals surface area contributed by atoms with Gasteiger partial charge in [-0.25, -0.2) is 9.48 Å². The predicted octanol–water partition coefficient (Wildman–Crippen LogP) is 1.26. The van der Waals surface area contributed by atoms with Gasteiger partial charge >= 0.3 is 5.97 Å². The Bertz CT molecular complexity index is 571. The number of hydrogen-bond acceptors (Lipinski definition) is 4. The van der Waals surface area contributed by atoms with Crippen molar-refractivity contribution in [2.45, 2.75) is 32.7 Å². The SMILES string of the molecule is CC(=CC(=O)O)Cn1ncc(N2CCCCC2)cc1=O. The second-order valence-corrected chi connectivity index (χ2v) is 5.09. The van der Waals surface area contributed by atoms with Crippen molar-refractivity contribution in [2.24, 2.45) is 0 Å². The predicted molar refractivity (Wildman–Crippen MR) is 76.0 cm³/mol. The average Bonchev–Trinajstić information content (AvgIpc) is 2.41. The van der Waals surface area contributed by atoms with Crippen molar-refractivity contribution in [1.82, 2.24) is 9.78 Å². The molecule has 0 saturated carbocycles. The van der Waals surface area contributed by atoms with Crippen molar-refractivity contribution in [3.8, 4) is 0 Å². The second-order valence-electron chi connectivity index (χ2n) is 5.09. The molecule has 1 saturated heterocycles. The number of allylic oxidation sites excluding steroid dienone is 1. The molecule has 0 amide bonds. The van der Waals surface area contributed by atoms with E-state index in [9.17, 15) is 9.59 Å².